The lowest BCUT2D eigenvalue weighted by Gasteiger charge is -2.26. The minimum Gasteiger partial charge on any atom is -0.492 e. The summed E-state index contributed by atoms with van der Waals surface area (Å²) in [7, 11) is 0. The Bertz CT molecular complexity index is 577. The van der Waals surface area contributed by atoms with Crippen molar-refractivity contribution in [3.8, 4) is 5.75 Å². The van der Waals surface area contributed by atoms with E-state index in [2.05, 4.69) is 28.5 Å². The molecule has 29 heavy (non-hydrogen) atoms. The first-order chi connectivity index (χ1) is 14.3. The molecule has 0 radical (unpaired) electrons. The highest BCUT2D eigenvalue weighted by Crippen LogP contribution is 2.19. The van der Waals surface area contributed by atoms with Crippen molar-refractivity contribution in [1.29, 1.82) is 0 Å². The van der Waals surface area contributed by atoms with E-state index in [1.165, 1.54) is 0 Å². The first kappa shape index (κ1) is 23.4. The van der Waals surface area contributed by atoms with Crippen LogP contribution in [0.2, 0.25) is 0 Å². The summed E-state index contributed by atoms with van der Waals surface area (Å²) in [5, 5.41) is 6.71. The summed E-state index contributed by atoms with van der Waals surface area (Å²) >= 11 is 0. The minimum atomic E-state index is 0.585. The molecular formula is C22H38N4O3. The lowest BCUT2D eigenvalue weighted by Crippen LogP contribution is -2.38. The second-order valence-electron chi connectivity index (χ2n) is 6.94. The molecule has 0 bridgehead atoms. The number of rotatable bonds is 13. The van der Waals surface area contributed by atoms with Gasteiger partial charge in [-0.25, -0.2) is 4.99 Å². The van der Waals surface area contributed by atoms with Crippen LogP contribution in [0, 0.1) is 0 Å². The van der Waals surface area contributed by atoms with Crippen LogP contribution < -0.4 is 15.4 Å². The first-order valence-corrected chi connectivity index (χ1v) is 10.9. The van der Waals surface area contributed by atoms with E-state index in [4.69, 9.17) is 19.2 Å². The van der Waals surface area contributed by atoms with E-state index in [1.807, 2.05) is 25.1 Å². The average molecular weight is 407 g/mol. The van der Waals surface area contributed by atoms with Crippen LogP contribution in [0.4, 0.5) is 0 Å². The Morgan fingerprint density at radius 1 is 1.10 bits per heavy atom. The fraction of sp³-hybridized carbons (Fsp3) is 0.682. The molecule has 0 spiro atoms. The average Bonchev–Trinajstić information content (AvgIpc) is 2.76. The second-order valence-corrected chi connectivity index (χ2v) is 6.94. The number of nitrogens with zero attached hydrogens (tertiary/aromatic N) is 2. The van der Waals surface area contributed by atoms with Gasteiger partial charge in [0.05, 0.1) is 19.8 Å². The molecule has 0 aliphatic carbocycles. The van der Waals surface area contributed by atoms with Crippen LogP contribution in [0.1, 0.15) is 32.3 Å². The summed E-state index contributed by atoms with van der Waals surface area (Å²) < 4.78 is 16.8. The van der Waals surface area contributed by atoms with Crippen LogP contribution in [-0.4, -0.2) is 76.6 Å². The number of benzene rings is 1. The third-order valence-electron chi connectivity index (χ3n) is 4.71. The van der Waals surface area contributed by atoms with Crippen molar-refractivity contribution in [2.75, 3.05) is 65.8 Å². The van der Waals surface area contributed by atoms with Gasteiger partial charge in [-0.3, -0.25) is 4.90 Å². The Hall–Kier alpha value is -1.83. The van der Waals surface area contributed by atoms with Crippen molar-refractivity contribution in [3.63, 3.8) is 0 Å². The lowest BCUT2D eigenvalue weighted by atomic mass is 10.2. The van der Waals surface area contributed by atoms with Crippen LogP contribution in [0.15, 0.2) is 29.3 Å². The second kappa shape index (κ2) is 15.1. The van der Waals surface area contributed by atoms with E-state index in [9.17, 15) is 0 Å². The number of unbranched alkanes of at least 4 members (excludes halogenated alkanes) is 1. The fourth-order valence-electron chi connectivity index (χ4n) is 3.07. The Morgan fingerprint density at radius 3 is 2.72 bits per heavy atom. The molecule has 7 nitrogen and oxygen atoms in total. The molecule has 164 valence electrons. The largest absolute Gasteiger partial charge is 0.492 e. The molecule has 1 aliphatic rings. The SMILES string of the molecule is CCNC(=NCc1ccccc1OCCN1CCOCC1)NCCCCOCC. The summed E-state index contributed by atoms with van der Waals surface area (Å²) in [5.41, 5.74) is 1.10. The quantitative estimate of drug-likeness (QED) is 0.298. The van der Waals surface area contributed by atoms with Crippen molar-refractivity contribution in [2.24, 2.45) is 4.99 Å². The van der Waals surface area contributed by atoms with Gasteiger partial charge in [0.2, 0.25) is 0 Å². The zero-order chi connectivity index (χ0) is 20.6. The molecule has 1 aromatic carbocycles. The third kappa shape index (κ3) is 9.96. The molecule has 1 aromatic rings. The number of guanidine groups is 1. The van der Waals surface area contributed by atoms with E-state index in [0.29, 0.717) is 13.2 Å². The Balaban J connectivity index is 1.79. The molecule has 2 N–H and O–H groups in total. The molecule has 7 heteroatoms. The molecule has 1 saturated heterocycles. The standard InChI is InChI=1S/C22H38N4O3/c1-3-23-22(24-11-7-8-15-27-4-2)25-19-20-9-5-6-10-21(20)29-18-14-26-12-16-28-17-13-26/h5-6,9-10H,3-4,7-8,11-19H2,1-2H3,(H2,23,24,25). The predicted octanol–water partition coefficient (Wildman–Crippen LogP) is 2.27. The molecule has 0 saturated carbocycles. The highest BCUT2D eigenvalue weighted by Gasteiger charge is 2.10. The van der Waals surface area contributed by atoms with Crippen molar-refractivity contribution in [3.05, 3.63) is 29.8 Å². The van der Waals surface area contributed by atoms with Crippen molar-refractivity contribution in [2.45, 2.75) is 33.2 Å². The van der Waals surface area contributed by atoms with Crippen LogP contribution in [0.3, 0.4) is 0 Å². The number of ether oxygens (including phenoxy) is 3. The number of hydrogen-bond donors (Lipinski definition) is 2. The number of nitrogens with one attached hydrogen (secondary N) is 2. The minimum absolute atomic E-state index is 0.585. The molecule has 1 heterocycles. The van der Waals surface area contributed by atoms with Crippen LogP contribution in [0.25, 0.3) is 0 Å². The molecule has 0 amide bonds. The molecule has 1 fully saturated rings. The van der Waals surface area contributed by atoms with E-state index < -0.39 is 0 Å². The van der Waals surface area contributed by atoms with Crippen LogP contribution >= 0.6 is 0 Å². The molecule has 0 atom stereocenters. The van der Waals surface area contributed by atoms with Crippen molar-refractivity contribution in [1.82, 2.24) is 15.5 Å². The van der Waals surface area contributed by atoms with Gasteiger partial charge in [0, 0.05) is 51.5 Å². The predicted molar refractivity (Wildman–Crippen MR) is 118 cm³/mol. The van der Waals surface area contributed by atoms with Gasteiger partial charge in [-0.05, 0) is 32.8 Å². The van der Waals surface area contributed by atoms with E-state index >= 15 is 0 Å². The van der Waals surface area contributed by atoms with Gasteiger partial charge in [0.1, 0.15) is 12.4 Å². The van der Waals surface area contributed by atoms with Crippen molar-refractivity contribution < 1.29 is 14.2 Å². The van der Waals surface area contributed by atoms with E-state index in [-0.39, 0.29) is 0 Å². The molecule has 2 rings (SSSR count). The Morgan fingerprint density at radius 2 is 1.93 bits per heavy atom. The monoisotopic (exact) mass is 406 g/mol. The maximum atomic E-state index is 6.06. The van der Waals surface area contributed by atoms with E-state index in [1.54, 1.807) is 0 Å². The summed E-state index contributed by atoms with van der Waals surface area (Å²) in [6, 6.07) is 8.16. The van der Waals surface area contributed by atoms with Crippen molar-refractivity contribution >= 4 is 5.96 Å². The Labute approximate surface area is 175 Å². The van der Waals surface area contributed by atoms with Gasteiger partial charge in [-0.2, -0.15) is 0 Å². The third-order valence-corrected chi connectivity index (χ3v) is 4.71. The summed E-state index contributed by atoms with van der Waals surface area (Å²) in [5.74, 6) is 1.75. The maximum Gasteiger partial charge on any atom is 0.191 e. The van der Waals surface area contributed by atoms with Crippen LogP contribution in [0.5, 0.6) is 5.75 Å². The van der Waals surface area contributed by atoms with Gasteiger partial charge in [-0.1, -0.05) is 18.2 Å². The van der Waals surface area contributed by atoms with Crippen LogP contribution in [-0.2, 0) is 16.0 Å². The molecule has 0 aromatic heterocycles. The number of morpholine rings is 1. The maximum absolute atomic E-state index is 6.06. The normalized spacial score (nSPS) is 15.3. The lowest BCUT2D eigenvalue weighted by molar-refractivity contribution is 0.0322. The smallest absolute Gasteiger partial charge is 0.191 e. The zero-order valence-electron chi connectivity index (χ0n) is 18.1. The fourth-order valence-corrected chi connectivity index (χ4v) is 3.07. The summed E-state index contributed by atoms with van der Waals surface area (Å²) in [6.45, 7) is 13.2. The van der Waals surface area contributed by atoms with Gasteiger partial charge in [0.25, 0.3) is 0 Å². The molecular weight excluding hydrogens is 368 g/mol. The Kier molecular flexibility index (Phi) is 12.2. The molecule has 0 unspecified atom stereocenters. The first-order valence-electron chi connectivity index (χ1n) is 10.9. The summed E-state index contributed by atoms with van der Waals surface area (Å²) in [4.78, 5) is 7.11. The summed E-state index contributed by atoms with van der Waals surface area (Å²) in [6.07, 6.45) is 2.12. The highest BCUT2D eigenvalue weighted by atomic mass is 16.5. The van der Waals surface area contributed by atoms with Gasteiger partial charge in [-0.15, -0.1) is 0 Å². The molecule has 1 aliphatic heterocycles. The topological polar surface area (TPSA) is 67.4 Å². The van der Waals surface area contributed by atoms with Gasteiger partial charge >= 0.3 is 0 Å². The number of hydrogen-bond acceptors (Lipinski definition) is 5. The number of aliphatic imine (C=N–C) groups is 1. The van der Waals surface area contributed by atoms with Gasteiger partial charge in [0.15, 0.2) is 5.96 Å². The van der Waals surface area contributed by atoms with E-state index in [0.717, 1.165) is 89.3 Å². The number of para-hydroxylation sites is 1. The zero-order valence-corrected chi connectivity index (χ0v) is 18.1. The van der Waals surface area contributed by atoms with Gasteiger partial charge < -0.3 is 24.8 Å². The highest BCUT2D eigenvalue weighted by molar-refractivity contribution is 5.79.